The number of aromatic nitrogens is 1. The van der Waals surface area contributed by atoms with E-state index in [1.165, 1.54) is 6.07 Å². The molecule has 132 valence electrons. The van der Waals surface area contributed by atoms with Gasteiger partial charge in [0.25, 0.3) is 0 Å². The molecule has 1 aromatic rings. The van der Waals surface area contributed by atoms with E-state index in [1.807, 2.05) is 11.8 Å². The molecule has 6 nitrogen and oxygen atoms in total. The van der Waals surface area contributed by atoms with Gasteiger partial charge in [-0.3, -0.25) is 0 Å². The lowest BCUT2D eigenvalue weighted by Gasteiger charge is -2.28. The van der Waals surface area contributed by atoms with Crippen LogP contribution in [0.15, 0.2) is 24.9 Å². The number of nitrogens with zero attached hydrogens (tertiary/aromatic N) is 2. The highest BCUT2D eigenvalue weighted by molar-refractivity contribution is 5.74. The highest BCUT2D eigenvalue weighted by Gasteiger charge is 2.17. The van der Waals surface area contributed by atoms with E-state index >= 15 is 0 Å². The number of hydrogen-bond acceptors (Lipinski definition) is 4. The summed E-state index contributed by atoms with van der Waals surface area (Å²) in [5.74, 6) is -0.0433. The van der Waals surface area contributed by atoms with Crippen molar-refractivity contribution in [3.63, 3.8) is 0 Å². The summed E-state index contributed by atoms with van der Waals surface area (Å²) >= 11 is 0. The monoisotopic (exact) mass is 336 g/mol. The van der Waals surface area contributed by atoms with Gasteiger partial charge in [-0.15, -0.1) is 6.58 Å². The maximum Gasteiger partial charge on any atom is 0.315 e. The summed E-state index contributed by atoms with van der Waals surface area (Å²) in [5, 5.41) is 5.58. The minimum absolute atomic E-state index is 0.0565. The van der Waals surface area contributed by atoms with E-state index in [9.17, 15) is 9.18 Å². The number of ether oxygens (including phenoxy) is 1. The zero-order chi connectivity index (χ0) is 17.4. The maximum atomic E-state index is 14.2. The van der Waals surface area contributed by atoms with E-state index in [1.54, 1.807) is 12.3 Å². The van der Waals surface area contributed by atoms with Crippen LogP contribution in [0.3, 0.4) is 0 Å². The van der Waals surface area contributed by atoms with Gasteiger partial charge >= 0.3 is 6.03 Å². The average Bonchev–Trinajstić information content (AvgIpc) is 2.60. The Kier molecular flexibility index (Phi) is 6.99. The molecule has 0 aromatic carbocycles. The summed E-state index contributed by atoms with van der Waals surface area (Å²) in [6.07, 6.45) is 4.91. The molecule has 1 aliphatic rings. The van der Waals surface area contributed by atoms with Crippen LogP contribution in [0.1, 0.15) is 25.3 Å². The van der Waals surface area contributed by atoms with Gasteiger partial charge < -0.3 is 20.3 Å². The van der Waals surface area contributed by atoms with Gasteiger partial charge in [-0.2, -0.15) is 0 Å². The lowest BCUT2D eigenvalue weighted by molar-refractivity contribution is 0.122. The second-order valence-electron chi connectivity index (χ2n) is 5.70. The van der Waals surface area contributed by atoms with E-state index < -0.39 is 0 Å². The van der Waals surface area contributed by atoms with Crippen molar-refractivity contribution in [3.05, 3.63) is 36.3 Å². The number of urea groups is 1. The van der Waals surface area contributed by atoms with Crippen molar-refractivity contribution in [2.24, 2.45) is 0 Å². The largest absolute Gasteiger partial charge is 0.378 e. The Morgan fingerprint density at radius 3 is 2.92 bits per heavy atom. The first kappa shape index (κ1) is 18.2. The van der Waals surface area contributed by atoms with Gasteiger partial charge in [-0.25, -0.2) is 14.2 Å². The normalized spacial score (nSPS) is 15.7. The summed E-state index contributed by atoms with van der Waals surface area (Å²) in [4.78, 5) is 17.9. The van der Waals surface area contributed by atoms with Gasteiger partial charge in [-0.1, -0.05) is 13.0 Å². The zero-order valence-electron chi connectivity index (χ0n) is 14.1. The SMILES string of the molecule is C=CC[C@@H](CC)NC(=O)NCc1cnc(N2CCOCC2)c(F)c1. The van der Waals surface area contributed by atoms with Gasteiger partial charge in [0.1, 0.15) is 0 Å². The third-order valence-electron chi connectivity index (χ3n) is 3.92. The highest BCUT2D eigenvalue weighted by Crippen LogP contribution is 2.18. The van der Waals surface area contributed by atoms with Crippen molar-refractivity contribution in [3.8, 4) is 0 Å². The standard InChI is InChI=1S/C17H25FN4O2/c1-3-5-14(4-2)21-17(23)20-12-13-10-15(18)16(19-11-13)22-6-8-24-9-7-22/h3,10-11,14H,1,4-9,12H2,2H3,(H2,20,21,23)/t14-/m1/s1. The Bertz CT molecular complexity index is 562. The molecule has 0 spiro atoms. The quantitative estimate of drug-likeness (QED) is 0.749. The smallest absolute Gasteiger partial charge is 0.315 e. The summed E-state index contributed by atoms with van der Waals surface area (Å²) in [6.45, 7) is 8.31. The first-order valence-corrected chi connectivity index (χ1v) is 8.26. The minimum atomic E-state index is -0.380. The molecular formula is C17H25FN4O2. The number of halogens is 1. The van der Waals surface area contributed by atoms with Gasteiger partial charge in [0.05, 0.1) is 13.2 Å². The molecule has 0 bridgehead atoms. The fourth-order valence-corrected chi connectivity index (χ4v) is 2.52. The number of morpholine rings is 1. The van der Waals surface area contributed by atoms with Crippen molar-refractivity contribution in [2.45, 2.75) is 32.4 Å². The van der Waals surface area contributed by atoms with Crippen LogP contribution >= 0.6 is 0 Å². The summed E-state index contributed by atoms with van der Waals surface area (Å²) in [5.41, 5.74) is 0.622. The van der Waals surface area contributed by atoms with Crippen LogP contribution in [0.4, 0.5) is 15.0 Å². The topological polar surface area (TPSA) is 66.5 Å². The summed E-state index contributed by atoms with van der Waals surface area (Å²) in [7, 11) is 0. The van der Waals surface area contributed by atoms with Crippen LogP contribution < -0.4 is 15.5 Å². The van der Waals surface area contributed by atoms with Crippen LogP contribution in [0, 0.1) is 5.82 Å². The molecule has 1 aliphatic heterocycles. The second-order valence-corrected chi connectivity index (χ2v) is 5.70. The number of nitrogens with one attached hydrogen (secondary N) is 2. The maximum absolute atomic E-state index is 14.2. The van der Waals surface area contributed by atoms with E-state index in [2.05, 4.69) is 22.2 Å². The van der Waals surface area contributed by atoms with Crippen molar-refractivity contribution >= 4 is 11.8 Å². The number of rotatable bonds is 7. The van der Waals surface area contributed by atoms with Gasteiger partial charge in [0.2, 0.25) is 0 Å². The Labute approximate surface area is 142 Å². The van der Waals surface area contributed by atoms with Crippen LogP contribution in [-0.2, 0) is 11.3 Å². The summed E-state index contributed by atoms with van der Waals surface area (Å²) < 4.78 is 19.5. The molecule has 2 heterocycles. The van der Waals surface area contributed by atoms with Crippen molar-refractivity contribution in [2.75, 3.05) is 31.2 Å². The molecule has 0 unspecified atom stereocenters. The Hall–Kier alpha value is -2.15. The Morgan fingerprint density at radius 1 is 1.54 bits per heavy atom. The zero-order valence-corrected chi connectivity index (χ0v) is 14.1. The first-order chi connectivity index (χ1) is 11.6. The third kappa shape index (κ3) is 5.19. The molecule has 1 fully saturated rings. The van der Waals surface area contributed by atoms with E-state index in [4.69, 9.17) is 4.74 Å². The second kappa shape index (κ2) is 9.22. The van der Waals surface area contributed by atoms with Crippen molar-refractivity contribution < 1.29 is 13.9 Å². The van der Waals surface area contributed by atoms with Gasteiger partial charge in [0.15, 0.2) is 11.6 Å². The molecule has 24 heavy (non-hydrogen) atoms. The average molecular weight is 336 g/mol. The number of pyridine rings is 1. The molecule has 0 aliphatic carbocycles. The first-order valence-electron chi connectivity index (χ1n) is 8.26. The fraction of sp³-hybridized carbons (Fsp3) is 0.529. The molecule has 0 radical (unpaired) electrons. The predicted octanol–water partition coefficient (Wildman–Crippen LogP) is 2.21. The van der Waals surface area contributed by atoms with Crippen LogP contribution in [-0.4, -0.2) is 43.4 Å². The molecule has 2 amide bonds. The Morgan fingerprint density at radius 2 is 2.29 bits per heavy atom. The van der Waals surface area contributed by atoms with E-state index in [0.29, 0.717) is 44.1 Å². The van der Waals surface area contributed by atoms with E-state index in [-0.39, 0.29) is 24.4 Å². The number of anilines is 1. The molecule has 2 N–H and O–H groups in total. The van der Waals surface area contributed by atoms with Crippen molar-refractivity contribution in [1.29, 1.82) is 0 Å². The van der Waals surface area contributed by atoms with E-state index in [0.717, 1.165) is 6.42 Å². The minimum Gasteiger partial charge on any atom is -0.378 e. The van der Waals surface area contributed by atoms with Crippen LogP contribution in [0.25, 0.3) is 0 Å². The van der Waals surface area contributed by atoms with Gasteiger partial charge in [-0.05, 0) is 24.5 Å². The lowest BCUT2D eigenvalue weighted by atomic mass is 10.1. The molecule has 1 saturated heterocycles. The number of carbonyl (C=O) groups is 1. The lowest BCUT2D eigenvalue weighted by Crippen LogP contribution is -2.41. The Balaban J connectivity index is 1.87. The molecular weight excluding hydrogens is 311 g/mol. The van der Waals surface area contributed by atoms with Crippen LogP contribution in [0.2, 0.25) is 0 Å². The highest BCUT2D eigenvalue weighted by atomic mass is 19.1. The fourth-order valence-electron chi connectivity index (χ4n) is 2.52. The third-order valence-corrected chi connectivity index (χ3v) is 3.92. The van der Waals surface area contributed by atoms with Crippen LogP contribution in [0.5, 0.6) is 0 Å². The molecule has 7 heteroatoms. The van der Waals surface area contributed by atoms with Crippen molar-refractivity contribution in [1.82, 2.24) is 15.6 Å². The number of carbonyl (C=O) groups excluding carboxylic acids is 1. The molecule has 1 atom stereocenters. The molecule has 2 rings (SSSR count). The number of hydrogen-bond donors (Lipinski definition) is 2. The summed E-state index contributed by atoms with van der Waals surface area (Å²) in [6, 6.07) is 1.20. The van der Waals surface area contributed by atoms with Gasteiger partial charge in [0, 0.05) is 31.9 Å². The number of amides is 2. The molecule has 0 saturated carbocycles. The molecule has 1 aromatic heterocycles. The predicted molar refractivity (Wildman–Crippen MR) is 91.5 cm³/mol.